The Kier molecular flexibility index (Phi) is 5.84. The quantitative estimate of drug-likeness (QED) is 0.379. The summed E-state index contributed by atoms with van der Waals surface area (Å²) in [6.07, 6.45) is 1.85. The summed E-state index contributed by atoms with van der Waals surface area (Å²) in [5.74, 6) is 0. The van der Waals surface area contributed by atoms with E-state index in [0.717, 1.165) is 17.1 Å². The van der Waals surface area contributed by atoms with Crippen LogP contribution in [0.5, 0.6) is 0 Å². The Morgan fingerprint density at radius 3 is 2.24 bits per heavy atom. The number of thiocarbonyl (C=S) groups is 1. The predicted molar refractivity (Wildman–Crippen MR) is 144 cm³/mol. The number of nitrogens with one attached hydrogen (secondary N) is 1. The minimum absolute atomic E-state index is 0.0224. The van der Waals surface area contributed by atoms with E-state index < -0.39 is 0 Å². The molecule has 2 atom stereocenters. The number of nitrogens with zero attached hydrogens (tertiary/aromatic N) is 4. The lowest BCUT2D eigenvalue weighted by Gasteiger charge is -2.28. The molecular formula is C28H29N5S. The van der Waals surface area contributed by atoms with E-state index >= 15 is 0 Å². The highest BCUT2D eigenvalue weighted by Crippen LogP contribution is 2.43. The van der Waals surface area contributed by atoms with Crippen molar-refractivity contribution in [1.82, 2.24) is 14.9 Å². The van der Waals surface area contributed by atoms with Gasteiger partial charge in [-0.15, -0.1) is 0 Å². The van der Waals surface area contributed by atoms with Crippen molar-refractivity contribution in [3.8, 4) is 5.69 Å². The van der Waals surface area contributed by atoms with E-state index in [1.165, 1.54) is 22.6 Å². The summed E-state index contributed by atoms with van der Waals surface area (Å²) in [6.45, 7) is 4.36. The first kappa shape index (κ1) is 22.2. The van der Waals surface area contributed by atoms with Crippen LogP contribution >= 0.6 is 12.2 Å². The van der Waals surface area contributed by atoms with Gasteiger partial charge in [0.15, 0.2) is 5.11 Å². The number of para-hydroxylation sites is 1. The summed E-state index contributed by atoms with van der Waals surface area (Å²) >= 11 is 5.87. The van der Waals surface area contributed by atoms with Crippen molar-refractivity contribution in [2.45, 2.75) is 25.9 Å². The molecule has 0 radical (unpaired) electrons. The lowest BCUT2D eigenvalue weighted by atomic mass is 9.96. The second kappa shape index (κ2) is 8.95. The number of hydrogen-bond donors (Lipinski definition) is 1. The highest BCUT2D eigenvalue weighted by Gasteiger charge is 2.42. The molecule has 5 rings (SSSR count). The predicted octanol–water partition coefficient (Wildman–Crippen LogP) is 5.73. The molecule has 2 aromatic carbocycles. The van der Waals surface area contributed by atoms with Gasteiger partial charge >= 0.3 is 0 Å². The SMILES string of the molecule is Cc1cc([C@H]2[C@@H](c3ccccn3)NC(=S)N2c2ccccc2)c(C)n1-c1ccc(N(C)C)cc1. The van der Waals surface area contributed by atoms with Gasteiger partial charge in [-0.05, 0) is 86.2 Å². The second-order valence-electron chi connectivity index (χ2n) is 8.90. The Morgan fingerprint density at radius 2 is 1.59 bits per heavy atom. The maximum Gasteiger partial charge on any atom is 0.174 e. The van der Waals surface area contributed by atoms with Crippen LogP contribution in [0.2, 0.25) is 0 Å². The zero-order valence-corrected chi connectivity index (χ0v) is 20.8. The normalized spacial score (nSPS) is 17.6. The lowest BCUT2D eigenvalue weighted by Crippen LogP contribution is -2.29. The number of rotatable bonds is 5. The molecule has 1 aliphatic heterocycles. The third-order valence-electron chi connectivity index (χ3n) is 6.55. The molecule has 2 aromatic heterocycles. The fraction of sp³-hybridized carbons (Fsp3) is 0.214. The van der Waals surface area contributed by atoms with Crippen molar-refractivity contribution >= 4 is 28.7 Å². The molecule has 1 saturated heterocycles. The third-order valence-corrected chi connectivity index (χ3v) is 6.86. The van der Waals surface area contributed by atoms with Gasteiger partial charge in [-0.3, -0.25) is 4.98 Å². The van der Waals surface area contributed by atoms with Crippen molar-refractivity contribution < 1.29 is 0 Å². The Labute approximate surface area is 206 Å². The first-order valence-electron chi connectivity index (χ1n) is 11.5. The van der Waals surface area contributed by atoms with Crippen LogP contribution in [0.3, 0.4) is 0 Å². The molecule has 1 fully saturated rings. The highest BCUT2D eigenvalue weighted by atomic mass is 32.1. The summed E-state index contributed by atoms with van der Waals surface area (Å²) in [7, 11) is 4.12. The maximum atomic E-state index is 5.87. The minimum atomic E-state index is -0.0565. The van der Waals surface area contributed by atoms with E-state index in [-0.39, 0.29) is 12.1 Å². The number of benzene rings is 2. The monoisotopic (exact) mass is 467 g/mol. The van der Waals surface area contributed by atoms with Gasteiger partial charge in [0.2, 0.25) is 0 Å². The molecule has 0 aliphatic carbocycles. The molecule has 6 heteroatoms. The molecule has 0 unspecified atom stereocenters. The van der Waals surface area contributed by atoms with E-state index in [2.05, 4.69) is 113 Å². The van der Waals surface area contributed by atoms with Crippen LogP contribution in [0, 0.1) is 13.8 Å². The van der Waals surface area contributed by atoms with Gasteiger partial charge in [0.1, 0.15) is 0 Å². The summed E-state index contributed by atoms with van der Waals surface area (Å²) in [5, 5.41) is 4.28. The fourth-order valence-electron chi connectivity index (χ4n) is 4.92. The van der Waals surface area contributed by atoms with Crippen LogP contribution in [0.15, 0.2) is 85.1 Å². The first-order valence-corrected chi connectivity index (χ1v) is 11.9. The van der Waals surface area contributed by atoms with Crippen molar-refractivity contribution in [1.29, 1.82) is 0 Å². The zero-order valence-electron chi connectivity index (χ0n) is 19.9. The third kappa shape index (κ3) is 3.84. The summed E-state index contributed by atoms with van der Waals surface area (Å²) in [5.41, 5.74) is 8.02. The number of aromatic nitrogens is 2. The standard InChI is InChI=1S/C28H29N5S/c1-19-18-24(20(2)32(19)23-15-13-21(14-16-23)31(3)4)27-26(25-12-8-9-17-29-25)30-28(34)33(27)22-10-6-5-7-11-22/h5-18,26-27H,1-4H3,(H,30,34)/t26-,27+/m1/s1. The molecule has 0 spiro atoms. The largest absolute Gasteiger partial charge is 0.378 e. The Bertz CT molecular complexity index is 1300. The molecule has 0 amide bonds. The molecule has 34 heavy (non-hydrogen) atoms. The highest BCUT2D eigenvalue weighted by molar-refractivity contribution is 7.80. The second-order valence-corrected chi connectivity index (χ2v) is 9.29. The summed E-state index contributed by atoms with van der Waals surface area (Å²) in [4.78, 5) is 9.03. The summed E-state index contributed by atoms with van der Waals surface area (Å²) < 4.78 is 2.33. The number of aryl methyl sites for hydroxylation is 1. The van der Waals surface area contributed by atoms with E-state index in [4.69, 9.17) is 12.2 Å². The van der Waals surface area contributed by atoms with Crippen LogP contribution < -0.4 is 15.1 Å². The molecule has 0 saturated carbocycles. The van der Waals surface area contributed by atoms with Gasteiger partial charge in [-0.25, -0.2) is 0 Å². The van der Waals surface area contributed by atoms with Crippen LogP contribution in [0.1, 0.15) is 34.7 Å². The van der Waals surface area contributed by atoms with Gasteiger partial charge in [0.25, 0.3) is 0 Å². The molecule has 5 nitrogen and oxygen atoms in total. The minimum Gasteiger partial charge on any atom is -0.378 e. The van der Waals surface area contributed by atoms with Crippen LogP contribution in [0.25, 0.3) is 5.69 Å². The van der Waals surface area contributed by atoms with Crippen LogP contribution in [-0.2, 0) is 0 Å². The molecular weight excluding hydrogens is 438 g/mol. The van der Waals surface area contributed by atoms with E-state index in [1.807, 2.05) is 24.4 Å². The lowest BCUT2D eigenvalue weighted by molar-refractivity contribution is 0.565. The average molecular weight is 468 g/mol. The first-order chi connectivity index (χ1) is 16.5. The van der Waals surface area contributed by atoms with Crippen molar-refractivity contribution in [3.63, 3.8) is 0 Å². The van der Waals surface area contributed by atoms with Crippen molar-refractivity contribution in [3.05, 3.63) is 108 Å². The molecule has 4 aromatic rings. The van der Waals surface area contributed by atoms with E-state index in [1.54, 1.807) is 0 Å². The van der Waals surface area contributed by atoms with Gasteiger partial charge in [-0.2, -0.15) is 0 Å². The van der Waals surface area contributed by atoms with Crippen molar-refractivity contribution in [2.24, 2.45) is 0 Å². The zero-order chi connectivity index (χ0) is 23.8. The van der Waals surface area contributed by atoms with Gasteiger partial charge in [0.05, 0.1) is 17.8 Å². The number of anilines is 2. The molecule has 1 aliphatic rings. The van der Waals surface area contributed by atoms with Crippen LogP contribution in [-0.4, -0.2) is 28.8 Å². The Morgan fingerprint density at radius 1 is 0.882 bits per heavy atom. The van der Waals surface area contributed by atoms with E-state index in [9.17, 15) is 0 Å². The fourth-order valence-corrected chi connectivity index (χ4v) is 5.27. The maximum absolute atomic E-state index is 5.87. The summed E-state index contributed by atoms with van der Waals surface area (Å²) in [6, 6.07) is 27.3. The van der Waals surface area contributed by atoms with Crippen LogP contribution in [0.4, 0.5) is 11.4 Å². The molecule has 1 N–H and O–H groups in total. The molecule has 0 bridgehead atoms. The molecule has 3 heterocycles. The smallest absolute Gasteiger partial charge is 0.174 e. The average Bonchev–Trinajstić information content (AvgIpc) is 3.35. The topological polar surface area (TPSA) is 36.3 Å². The van der Waals surface area contributed by atoms with Gasteiger partial charge in [0, 0.05) is 48.7 Å². The number of pyridine rings is 1. The Balaban J connectivity index is 1.64. The van der Waals surface area contributed by atoms with Crippen molar-refractivity contribution in [2.75, 3.05) is 23.9 Å². The molecule has 172 valence electrons. The van der Waals surface area contributed by atoms with Gasteiger partial charge < -0.3 is 19.7 Å². The Hall–Kier alpha value is -3.64. The number of hydrogen-bond acceptors (Lipinski definition) is 3. The van der Waals surface area contributed by atoms with Gasteiger partial charge in [-0.1, -0.05) is 24.3 Å². The van der Waals surface area contributed by atoms with E-state index in [0.29, 0.717) is 5.11 Å².